The summed E-state index contributed by atoms with van der Waals surface area (Å²) in [7, 11) is 0. The van der Waals surface area contributed by atoms with Crippen LogP contribution in [0.2, 0.25) is 0 Å². The molecule has 1 rings (SSSR count). The van der Waals surface area contributed by atoms with E-state index >= 15 is 0 Å². The van der Waals surface area contributed by atoms with Gasteiger partial charge < -0.3 is 5.32 Å². The maximum Gasteiger partial charge on any atom is 0.0621 e. The highest BCUT2D eigenvalue weighted by molar-refractivity contribution is 4.72. The van der Waals surface area contributed by atoms with Gasteiger partial charge in [-0.1, -0.05) is 25.7 Å². The molecule has 1 fully saturated rings. The SMILES string of the molecule is N#CCCCCNC1CCCCCC1. The van der Waals surface area contributed by atoms with Crippen LogP contribution in [0.1, 0.15) is 57.8 Å². The third kappa shape index (κ3) is 5.24. The molecule has 1 aliphatic rings. The van der Waals surface area contributed by atoms with Crippen molar-refractivity contribution in [3.05, 3.63) is 0 Å². The summed E-state index contributed by atoms with van der Waals surface area (Å²) in [6.45, 7) is 1.10. The minimum atomic E-state index is 0.715. The number of rotatable bonds is 5. The molecule has 0 aromatic carbocycles. The maximum absolute atomic E-state index is 8.38. The molecule has 80 valence electrons. The Morgan fingerprint density at radius 3 is 2.43 bits per heavy atom. The van der Waals surface area contributed by atoms with E-state index in [1.165, 1.54) is 38.5 Å². The minimum absolute atomic E-state index is 0.715. The molecule has 0 saturated heterocycles. The third-order valence-electron chi connectivity index (χ3n) is 3.00. The van der Waals surface area contributed by atoms with Gasteiger partial charge in [-0.15, -0.1) is 0 Å². The molecule has 0 aromatic rings. The molecule has 1 aliphatic carbocycles. The fourth-order valence-corrected chi connectivity index (χ4v) is 2.12. The van der Waals surface area contributed by atoms with Crippen LogP contribution in [0.15, 0.2) is 0 Å². The van der Waals surface area contributed by atoms with Crippen molar-refractivity contribution in [2.24, 2.45) is 0 Å². The van der Waals surface area contributed by atoms with Crippen LogP contribution in [0.5, 0.6) is 0 Å². The van der Waals surface area contributed by atoms with Crippen LogP contribution in [0, 0.1) is 11.3 Å². The Balaban J connectivity index is 1.96. The van der Waals surface area contributed by atoms with E-state index in [4.69, 9.17) is 5.26 Å². The van der Waals surface area contributed by atoms with Crippen LogP contribution in [0.4, 0.5) is 0 Å². The Labute approximate surface area is 87.7 Å². The average Bonchev–Trinajstić information content (AvgIpc) is 2.46. The van der Waals surface area contributed by atoms with Gasteiger partial charge in [0.2, 0.25) is 0 Å². The Kier molecular flexibility index (Phi) is 6.43. The highest BCUT2D eigenvalue weighted by Gasteiger charge is 2.10. The summed E-state index contributed by atoms with van der Waals surface area (Å²) >= 11 is 0. The van der Waals surface area contributed by atoms with Gasteiger partial charge >= 0.3 is 0 Å². The van der Waals surface area contributed by atoms with Crippen LogP contribution in [-0.2, 0) is 0 Å². The Bertz CT molecular complexity index is 164. The predicted molar refractivity (Wildman–Crippen MR) is 59.0 cm³/mol. The topological polar surface area (TPSA) is 35.8 Å². The summed E-state index contributed by atoms with van der Waals surface area (Å²) in [6.07, 6.45) is 11.3. The van der Waals surface area contributed by atoms with Crippen molar-refractivity contribution in [2.45, 2.75) is 63.8 Å². The lowest BCUT2D eigenvalue weighted by atomic mass is 10.1. The first-order valence-electron chi connectivity index (χ1n) is 6.04. The van der Waals surface area contributed by atoms with Gasteiger partial charge in [-0.25, -0.2) is 0 Å². The molecule has 0 amide bonds. The minimum Gasteiger partial charge on any atom is -0.314 e. The molecular formula is C12H22N2. The van der Waals surface area contributed by atoms with Gasteiger partial charge in [0.05, 0.1) is 6.07 Å². The van der Waals surface area contributed by atoms with Gasteiger partial charge in [-0.3, -0.25) is 0 Å². The molecule has 0 radical (unpaired) electrons. The van der Waals surface area contributed by atoms with Crippen LogP contribution in [-0.4, -0.2) is 12.6 Å². The van der Waals surface area contributed by atoms with Crippen molar-refractivity contribution in [1.29, 1.82) is 5.26 Å². The smallest absolute Gasteiger partial charge is 0.0621 e. The highest BCUT2D eigenvalue weighted by Crippen LogP contribution is 2.17. The molecule has 0 bridgehead atoms. The van der Waals surface area contributed by atoms with Crippen molar-refractivity contribution in [1.82, 2.24) is 5.32 Å². The predicted octanol–water partition coefficient (Wildman–Crippen LogP) is 2.99. The zero-order chi connectivity index (χ0) is 10.1. The van der Waals surface area contributed by atoms with Crippen LogP contribution < -0.4 is 5.32 Å². The molecule has 14 heavy (non-hydrogen) atoms. The van der Waals surface area contributed by atoms with E-state index in [1.54, 1.807) is 0 Å². The average molecular weight is 194 g/mol. The summed E-state index contributed by atoms with van der Waals surface area (Å²) in [5.41, 5.74) is 0. The normalized spacial score (nSPS) is 18.8. The highest BCUT2D eigenvalue weighted by atomic mass is 14.9. The van der Waals surface area contributed by atoms with Crippen LogP contribution >= 0.6 is 0 Å². The first-order valence-corrected chi connectivity index (χ1v) is 6.04. The molecule has 2 nitrogen and oxygen atoms in total. The molecule has 1 N–H and O–H groups in total. The number of unbranched alkanes of at least 4 members (excludes halogenated alkanes) is 2. The summed E-state index contributed by atoms with van der Waals surface area (Å²) in [4.78, 5) is 0. The van der Waals surface area contributed by atoms with Gasteiger partial charge in [0.1, 0.15) is 0 Å². The summed E-state index contributed by atoms with van der Waals surface area (Å²) in [6, 6.07) is 2.95. The first kappa shape index (κ1) is 11.5. The van der Waals surface area contributed by atoms with Gasteiger partial charge in [-0.2, -0.15) is 5.26 Å². The number of nitrogens with one attached hydrogen (secondary N) is 1. The monoisotopic (exact) mass is 194 g/mol. The third-order valence-corrected chi connectivity index (χ3v) is 3.00. The fraction of sp³-hybridized carbons (Fsp3) is 0.917. The van der Waals surface area contributed by atoms with E-state index in [-0.39, 0.29) is 0 Å². The van der Waals surface area contributed by atoms with Crippen LogP contribution in [0.3, 0.4) is 0 Å². The molecule has 0 spiro atoms. The summed E-state index contributed by atoms with van der Waals surface area (Å²) in [5.74, 6) is 0. The van der Waals surface area contributed by atoms with E-state index in [9.17, 15) is 0 Å². The standard InChI is InChI=1S/C12H22N2/c13-10-6-3-7-11-14-12-8-4-1-2-5-9-12/h12,14H,1-9,11H2. The van der Waals surface area contributed by atoms with Gasteiger partial charge in [0, 0.05) is 12.5 Å². The van der Waals surface area contributed by atoms with E-state index in [0.29, 0.717) is 6.42 Å². The number of nitriles is 1. The molecule has 2 heteroatoms. The summed E-state index contributed by atoms with van der Waals surface area (Å²) < 4.78 is 0. The number of hydrogen-bond donors (Lipinski definition) is 1. The van der Waals surface area contributed by atoms with E-state index in [0.717, 1.165) is 25.4 Å². The van der Waals surface area contributed by atoms with Crippen molar-refractivity contribution in [2.75, 3.05) is 6.54 Å². The fourth-order valence-electron chi connectivity index (χ4n) is 2.12. The second kappa shape index (κ2) is 7.82. The molecule has 1 saturated carbocycles. The maximum atomic E-state index is 8.38. The second-order valence-corrected chi connectivity index (χ2v) is 4.26. The Morgan fingerprint density at radius 1 is 1.07 bits per heavy atom. The van der Waals surface area contributed by atoms with E-state index in [2.05, 4.69) is 11.4 Å². The molecule has 0 atom stereocenters. The van der Waals surface area contributed by atoms with Gasteiger partial charge in [-0.05, 0) is 32.2 Å². The number of hydrogen-bond acceptors (Lipinski definition) is 2. The lowest BCUT2D eigenvalue weighted by Crippen LogP contribution is -2.29. The van der Waals surface area contributed by atoms with E-state index < -0.39 is 0 Å². The van der Waals surface area contributed by atoms with Crippen molar-refractivity contribution in [3.63, 3.8) is 0 Å². The van der Waals surface area contributed by atoms with Crippen LogP contribution in [0.25, 0.3) is 0 Å². The van der Waals surface area contributed by atoms with Crippen molar-refractivity contribution < 1.29 is 0 Å². The second-order valence-electron chi connectivity index (χ2n) is 4.26. The number of nitrogens with zero attached hydrogens (tertiary/aromatic N) is 1. The molecule has 0 aliphatic heterocycles. The molecule has 0 aromatic heterocycles. The Morgan fingerprint density at radius 2 is 1.79 bits per heavy atom. The van der Waals surface area contributed by atoms with Gasteiger partial charge in [0.25, 0.3) is 0 Å². The molecular weight excluding hydrogens is 172 g/mol. The summed E-state index contributed by atoms with van der Waals surface area (Å²) in [5, 5.41) is 12.0. The Hall–Kier alpha value is -0.550. The quantitative estimate of drug-likeness (QED) is 0.539. The van der Waals surface area contributed by atoms with E-state index in [1.807, 2.05) is 0 Å². The molecule has 0 heterocycles. The van der Waals surface area contributed by atoms with Gasteiger partial charge in [0.15, 0.2) is 0 Å². The largest absolute Gasteiger partial charge is 0.314 e. The lowest BCUT2D eigenvalue weighted by molar-refractivity contribution is 0.452. The zero-order valence-corrected chi connectivity index (χ0v) is 9.10. The lowest BCUT2D eigenvalue weighted by Gasteiger charge is -2.15. The van der Waals surface area contributed by atoms with Crippen molar-refractivity contribution in [3.8, 4) is 6.07 Å². The first-order chi connectivity index (χ1) is 6.93. The molecule has 0 unspecified atom stereocenters. The zero-order valence-electron chi connectivity index (χ0n) is 9.10. The van der Waals surface area contributed by atoms with Crippen molar-refractivity contribution >= 4 is 0 Å².